The van der Waals surface area contributed by atoms with Crippen molar-refractivity contribution < 1.29 is 9.84 Å². The van der Waals surface area contributed by atoms with E-state index < -0.39 is 0 Å². The summed E-state index contributed by atoms with van der Waals surface area (Å²) in [6.45, 7) is 2.96. The number of aliphatic hydroxyl groups is 1. The molecule has 0 spiro atoms. The molecule has 0 unspecified atom stereocenters. The standard InChI is InChI=1S/C17H23NO2/c1-18(14-16-8-9-16)10-12-20-17-7-4-6-15(13-17)5-2-3-11-19/h4,6-7,13,16,19H,3,8-12,14H2,1H3. The maximum atomic E-state index is 8.70. The number of aliphatic hydroxyl groups excluding tert-OH is 1. The van der Waals surface area contributed by atoms with Gasteiger partial charge in [-0.2, -0.15) is 0 Å². The van der Waals surface area contributed by atoms with Gasteiger partial charge in [0.25, 0.3) is 0 Å². The second-order valence-corrected chi connectivity index (χ2v) is 5.36. The van der Waals surface area contributed by atoms with Crippen molar-refractivity contribution in [2.45, 2.75) is 19.3 Å². The van der Waals surface area contributed by atoms with Gasteiger partial charge in [0.15, 0.2) is 0 Å². The molecule has 2 rings (SSSR count). The van der Waals surface area contributed by atoms with E-state index in [1.54, 1.807) is 0 Å². The summed E-state index contributed by atoms with van der Waals surface area (Å²) in [6.07, 6.45) is 3.29. The summed E-state index contributed by atoms with van der Waals surface area (Å²) in [6, 6.07) is 7.81. The van der Waals surface area contributed by atoms with Crippen LogP contribution in [0.2, 0.25) is 0 Å². The van der Waals surface area contributed by atoms with Gasteiger partial charge in [0.1, 0.15) is 12.4 Å². The third-order valence-electron chi connectivity index (χ3n) is 3.31. The second kappa shape index (κ2) is 7.94. The molecule has 3 heteroatoms. The number of hydrogen-bond donors (Lipinski definition) is 1. The first-order chi connectivity index (χ1) is 9.78. The van der Waals surface area contributed by atoms with Crippen molar-refractivity contribution in [3.8, 4) is 17.6 Å². The Morgan fingerprint density at radius 2 is 2.25 bits per heavy atom. The Bertz CT molecular complexity index is 471. The lowest BCUT2D eigenvalue weighted by Gasteiger charge is -2.16. The fourth-order valence-electron chi connectivity index (χ4n) is 2.04. The Labute approximate surface area is 121 Å². The van der Waals surface area contributed by atoms with Crippen LogP contribution in [0.25, 0.3) is 0 Å². The van der Waals surface area contributed by atoms with Crippen LogP contribution in [-0.4, -0.2) is 43.4 Å². The number of nitrogens with zero attached hydrogens (tertiary/aromatic N) is 1. The topological polar surface area (TPSA) is 32.7 Å². The van der Waals surface area contributed by atoms with Gasteiger partial charge in [-0.05, 0) is 44.0 Å². The van der Waals surface area contributed by atoms with Crippen LogP contribution in [0.15, 0.2) is 24.3 Å². The molecular weight excluding hydrogens is 250 g/mol. The number of benzene rings is 1. The van der Waals surface area contributed by atoms with Crippen molar-refractivity contribution in [2.24, 2.45) is 5.92 Å². The first kappa shape index (κ1) is 14.9. The van der Waals surface area contributed by atoms with Crippen LogP contribution in [0.5, 0.6) is 5.75 Å². The Hall–Kier alpha value is -1.50. The molecule has 0 aromatic heterocycles. The van der Waals surface area contributed by atoms with E-state index in [2.05, 4.69) is 23.8 Å². The number of ether oxygens (including phenoxy) is 1. The van der Waals surface area contributed by atoms with Crippen LogP contribution in [0.3, 0.4) is 0 Å². The highest BCUT2D eigenvalue weighted by Gasteiger charge is 2.22. The average Bonchev–Trinajstić information content (AvgIpc) is 3.23. The number of likely N-dealkylation sites (N-methyl/N-ethyl adjacent to an activating group) is 1. The van der Waals surface area contributed by atoms with E-state index in [1.165, 1.54) is 19.4 Å². The lowest BCUT2D eigenvalue weighted by Crippen LogP contribution is -2.26. The van der Waals surface area contributed by atoms with Crippen molar-refractivity contribution in [1.29, 1.82) is 0 Å². The van der Waals surface area contributed by atoms with Crippen molar-refractivity contribution >= 4 is 0 Å². The molecule has 0 aliphatic heterocycles. The largest absolute Gasteiger partial charge is 0.492 e. The first-order valence-electron chi connectivity index (χ1n) is 7.29. The average molecular weight is 273 g/mol. The second-order valence-electron chi connectivity index (χ2n) is 5.36. The summed E-state index contributed by atoms with van der Waals surface area (Å²) >= 11 is 0. The predicted molar refractivity (Wildman–Crippen MR) is 80.7 cm³/mol. The Balaban J connectivity index is 1.74. The molecule has 20 heavy (non-hydrogen) atoms. The Kier molecular flexibility index (Phi) is 5.91. The van der Waals surface area contributed by atoms with Gasteiger partial charge >= 0.3 is 0 Å². The molecule has 0 amide bonds. The maximum Gasteiger partial charge on any atom is 0.120 e. The third-order valence-corrected chi connectivity index (χ3v) is 3.31. The van der Waals surface area contributed by atoms with Crippen LogP contribution in [0.4, 0.5) is 0 Å². The van der Waals surface area contributed by atoms with Crippen LogP contribution in [-0.2, 0) is 0 Å². The minimum absolute atomic E-state index is 0.108. The Morgan fingerprint density at radius 1 is 1.40 bits per heavy atom. The zero-order valence-electron chi connectivity index (χ0n) is 12.1. The van der Waals surface area contributed by atoms with E-state index in [-0.39, 0.29) is 6.61 Å². The minimum Gasteiger partial charge on any atom is -0.492 e. The van der Waals surface area contributed by atoms with Crippen molar-refractivity contribution in [1.82, 2.24) is 4.90 Å². The van der Waals surface area contributed by atoms with E-state index in [0.717, 1.165) is 23.8 Å². The fourth-order valence-corrected chi connectivity index (χ4v) is 2.04. The number of hydrogen-bond acceptors (Lipinski definition) is 3. The molecule has 1 saturated carbocycles. The zero-order chi connectivity index (χ0) is 14.2. The van der Waals surface area contributed by atoms with Crippen LogP contribution < -0.4 is 4.74 Å². The van der Waals surface area contributed by atoms with Crippen LogP contribution in [0, 0.1) is 17.8 Å². The molecule has 1 aromatic carbocycles. The summed E-state index contributed by atoms with van der Waals surface area (Å²) in [7, 11) is 2.15. The molecule has 0 radical (unpaired) electrons. The van der Waals surface area contributed by atoms with Gasteiger partial charge in [-0.25, -0.2) is 0 Å². The highest BCUT2D eigenvalue weighted by Crippen LogP contribution is 2.29. The zero-order valence-corrected chi connectivity index (χ0v) is 12.1. The molecule has 1 aliphatic carbocycles. The van der Waals surface area contributed by atoms with Crippen molar-refractivity contribution in [3.63, 3.8) is 0 Å². The fraction of sp³-hybridized carbons (Fsp3) is 0.529. The van der Waals surface area contributed by atoms with Gasteiger partial charge in [-0.1, -0.05) is 17.9 Å². The SMILES string of the molecule is CN(CCOc1cccc(C#CCCO)c1)CC1CC1. The van der Waals surface area contributed by atoms with E-state index in [9.17, 15) is 0 Å². The molecule has 1 aromatic rings. The van der Waals surface area contributed by atoms with Crippen LogP contribution >= 0.6 is 0 Å². The lowest BCUT2D eigenvalue weighted by molar-refractivity contribution is 0.232. The predicted octanol–water partition coefficient (Wildman–Crippen LogP) is 2.14. The first-order valence-corrected chi connectivity index (χ1v) is 7.29. The maximum absolute atomic E-state index is 8.70. The molecular formula is C17H23NO2. The van der Waals surface area contributed by atoms with Gasteiger partial charge in [-0.15, -0.1) is 0 Å². The lowest BCUT2D eigenvalue weighted by atomic mass is 10.2. The Morgan fingerprint density at radius 3 is 3.00 bits per heavy atom. The smallest absolute Gasteiger partial charge is 0.120 e. The molecule has 108 valence electrons. The summed E-state index contributed by atoms with van der Waals surface area (Å²) < 4.78 is 5.77. The van der Waals surface area contributed by atoms with Gasteiger partial charge in [-0.3, -0.25) is 0 Å². The molecule has 0 saturated heterocycles. The molecule has 3 nitrogen and oxygen atoms in total. The summed E-state index contributed by atoms with van der Waals surface area (Å²) in [4.78, 5) is 2.34. The van der Waals surface area contributed by atoms with E-state index in [4.69, 9.17) is 9.84 Å². The van der Waals surface area contributed by atoms with Gasteiger partial charge in [0.2, 0.25) is 0 Å². The molecule has 0 bridgehead atoms. The van der Waals surface area contributed by atoms with Crippen LogP contribution in [0.1, 0.15) is 24.8 Å². The van der Waals surface area contributed by atoms with Gasteiger partial charge < -0.3 is 14.7 Å². The normalized spacial score (nSPS) is 13.9. The van der Waals surface area contributed by atoms with Crippen molar-refractivity contribution in [3.05, 3.63) is 29.8 Å². The molecule has 1 aliphatic rings. The third kappa shape index (κ3) is 5.64. The number of rotatable bonds is 7. The summed E-state index contributed by atoms with van der Waals surface area (Å²) in [5.41, 5.74) is 0.933. The molecule has 0 atom stereocenters. The molecule has 1 fully saturated rings. The highest BCUT2D eigenvalue weighted by molar-refractivity contribution is 5.39. The van der Waals surface area contributed by atoms with E-state index in [1.807, 2.05) is 24.3 Å². The van der Waals surface area contributed by atoms with Gasteiger partial charge in [0.05, 0.1) is 6.61 Å². The van der Waals surface area contributed by atoms with Gasteiger partial charge in [0, 0.05) is 25.1 Å². The minimum atomic E-state index is 0.108. The van der Waals surface area contributed by atoms with E-state index >= 15 is 0 Å². The molecule has 1 N–H and O–H groups in total. The monoisotopic (exact) mass is 273 g/mol. The highest BCUT2D eigenvalue weighted by atomic mass is 16.5. The molecule has 0 heterocycles. The quantitative estimate of drug-likeness (QED) is 0.773. The summed E-state index contributed by atoms with van der Waals surface area (Å²) in [5.74, 6) is 7.72. The summed E-state index contributed by atoms with van der Waals surface area (Å²) in [5, 5.41) is 8.70. The van der Waals surface area contributed by atoms with E-state index in [0.29, 0.717) is 13.0 Å². The van der Waals surface area contributed by atoms with Crippen molar-refractivity contribution in [2.75, 3.05) is 33.4 Å².